The third kappa shape index (κ3) is 3.84. The van der Waals surface area contributed by atoms with Crippen LogP contribution in [0.4, 0.5) is 0 Å². The SMILES string of the molecule is CC1c2ccsc2CCN1C(=O)c1ccc(S(=O)(=O)NC(C)(C)C)cc1. The maximum absolute atomic E-state index is 12.9. The Bertz CT molecular complexity index is 909. The number of rotatable bonds is 3. The molecule has 1 aliphatic rings. The lowest BCUT2D eigenvalue weighted by Crippen LogP contribution is -2.40. The molecule has 1 aromatic carbocycles. The van der Waals surface area contributed by atoms with Crippen LogP contribution in [0.5, 0.6) is 0 Å². The molecule has 26 heavy (non-hydrogen) atoms. The van der Waals surface area contributed by atoms with Crippen LogP contribution in [0.1, 0.15) is 54.5 Å². The van der Waals surface area contributed by atoms with E-state index >= 15 is 0 Å². The molecule has 0 radical (unpaired) electrons. The Labute approximate surface area is 159 Å². The smallest absolute Gasteiger partial charge is 0.254 e. The van der Waals surface area contributed by atoms with E-state index in [2.05, 4.69) is 16.2 Å². The summed E-state index contributed by atoms with van der Waals surface area (Å²) < 4.78 is 27.4. The maximum atomic E-state index is 12.9. The molecule has 1 atom stereocenters. The van der Waals surface area contributed by atoms with Crippen LogP contribution in [0.2, 0.25) is 0 Å². The Morgan fingerprint density at radius 1 is 1.19 bits per heavy atom. The molecule has 0 aliphatic carbocycles. The Kier molecular flexibility index (Phi) is 4.98. The Hall–Kier alpha value is -1.70. The fourth-order valence-corrected chi connectivity index (χ4v) is 5.57. The Morgan fingerprint density at radius 3 is 2.46 bits per heavy atom. The van der Waals surface area contributed by atoms with Crippen molar-refractivity contribution in [2.24, 2.45) is 0 Å². The van der Waals surface area contributed by atoms with Gasteiger partial charge in [-0.05, 0) is 75.4 Å². The minimum absolute atomic E-state index is 0.0310. The molecule has 1 amide bonds. The fraction of sp³-hybridized carbons (Fsp3) is 0.421. The molecule has 0 saturated heterocycles. The molecule has 2 heterocycles. The minimum atomic E-state index is -3.60. The van der Waals surface area contributed by atoms with Crippen molar-refractivity contribution in [3.05, 3.63) is 51.7 Å². The number of hydrogen-bond acceptors (Lipinski definition) is 4. The van der Waals surface area contributed by atoms with E-state index < -0.39 is 15.6 Å². The zero-order valence-corrected chi connectivity index (χ0v) is 17.1. The monoisotopic (exact) mass is 392 g/mol. The number of fused-ring (bicyclic) bond motifs is 1. The van der Waals surface area contributed by atoms with Crippen molar-refractivity contribution in [3.63, 3.8) is 0 Å². The van der Waals surface area contributed by atoms with E-state index in [4.69, 9.17) is 0 Å². The number of carbonyl (C=O) groups excluding carboxylic acids is 1. The third-order valence-electron chi connectivity index (χ3n) is 4.39. The summed E-state index contributed by atoms with van der Waals surface area (Å²) in [6.07, 6.45) is 0.866. The highest BCUT2D eigenvalue weighted by molar-refractivity contribution is 7.89. The van der Waals surface area contributed by atoms with E-state index in [9.17, 15) is 13.2 Å². The quantitative estimate of drug-likeness (QED) is 0.868. The minimum Gasteiger partial charge on any atom is -0.331 e. The van der Waals surface area contributed by atoms with Gasteiger partial charge in [-0.2, -0.15) is 0 Å². The summed E-state index contributed by atoms with van der Waals surface area (Å²) in [6, 6.07) is 8.28. The molecular formula is C19H24N2O3S2. The first-order valence-corrected chi connectivity index (χ1v) is 11.0. The van der Waals surface area contributed by atoms with Gasteiger partial charge in [-0.1, -0.05) is 0 Å². The van der Waals surface area contributed by atoms with Crippen molar-refractivity contribution < 1.29 is 13.2 Å². The van der Waals surface area contributed by atoms with E-state index in [1.807, 2.05) is 11.8 Å². The third-order valence-corrected chi connectivity index (χ3v) is 7.16. The highest BCUT2D eigenvalue weighted by atomic mass is 32.2. The second-order valence-electron chi connectivity index (χ2n) is 7.60. The van der Waals surface area contributed by atoms with Gasteiger partial charge in [0, 0.05) is 22.5 Å². The van der Waals surface area contributed by atoms with Crippen molar-refractivity contribution in [2.75, 3.05) is 6.54 Å². The molecule has 1 aromatic heterocycles. The van der Waals surface area contributed by atoms with Crippen molar-refractivity contribution in [1.82, 2.24) is 9.62 Å². The fourth-order valence-electron chi connectivity index (χ4n) is 3.19. The number of nitrogens with zero attached hydrogens (tertiary/aromatic N) is 1. The lowest BCUT2D eigenvalue weighted by molar-refractivity contribution is 0.0679. The molecule has 0 saturated carbocycles. The van der Waals surface area contributed by atoms with Gasteiger partial charge in [-0.25, -0.2) is 13.1 Å². The highest BCUT2D eigenvalue weighted by Gasteiger charge is 2.29. The number of sulfonamides is 1. The predicted octanol–water partition coefficient (Wildman–Crippen LogP) is 3.58. The predicted molar refractivity (Wildman–Crippen MR) is 104 cm³/mol. The van der Waals surface area contributed by atoms with Gasteiger partial charge in [0.05, 0.1) is 10.9 Å². The van der Waals surface area contributed by atoms with Crippen LogP contribution in [0.25, 0.3) is 0 Å². The lowest BCUT2D eigenvalue weighted by atomic mass is 10.0. The second kappa shape index (κ2) is 6.79. The number of carbonyl (C=O) groups is 1. The molecule has 5 nitrogen and oxygen atoms in total. The van der Waals surface area contributed by atoms with E-state index in [1.165, 1.54) is 22.6 Å². The summed E-state index contributed by atoms with van der Waals surface area (Å²) in [5, 5.41) is 2.07. The molecule has 1 aliphatic heterocycles. The van der Waals surface area contributed by atoms with Gasteiger partial charge in [0.25, 0.3) is 5.91 Å². The topological polar surface area (TPSA) is 66.5 Å². The summed E-state index contributed by atoms with van der Waals surface area (Å²) in [7, 11) is -3.60. The van der Waals surface area contributed by atoms with Crippen molar-refractivity contribution >= 4 is 27.3 Å². The Morgan fingerprint density at radius 2 is 1.85 bits per heavy atom. The summed E-state index contributed by atoms with van der Waals surface area (Å²) >= 11 is 1.74. The molecule has 7 heteroatoms. The molecule has 0 spiro atoms. The average Bonchev–Trinajstić information content (AvgIpc) is 3.02. The number of hydrogen-bond donors (Lipinski definition) is 1. The van der Waals surface area contributed by atoms with Gasteiger partial charge in [-0.15, -0.1) is 11.3 Å². The van der Waals surface area contributed by atoms with E-state index in [1.54, 1.807) is 44.2 Å². The van der Waals surface area contributed by atoms with Crippen LogP contribution < -0.4 is 4.72 Å². The van der Waals surface area contributed by atoms with Gasteiger partial charge in [0.1, 0.15) is 0 Å². The summed E-state index contributed by atoms with van der Waals surface area (Å²) in [5.41, 5.74) is 1.16. The van der Waals surface area contributed by atoms with Gasteiger partial charge < -0.3 is 4.90 Å². The van der Waals surface area contributed by atoms with Crippen LogP contribution >= 0.6 is 11.3 Å². The first-order valence-electron chi connectivity index (χ1n) is 8.60. The van der Waals surface area contributed by atoms with E-state index in [-0.39, 0.29) is 16.8 Å². The highest BCUT2D eigenvalue weighted by Crippen LogP contribution is 2.33. The summed E-state index contributed by atoms with van der Waals surface area (Å²) in [5.74, 6) is -0.0675. The molecule has 0 fully saturated rings. The zero-order chi connectivity index (χ0) is 19.1. The standard InChI is InChI=1S/C19H24N2O3S2/c1-13-16-10-12-25-17(16)9-11-21(13)18(22)14-5-7-15(8-6-14)26(23,24)20-19(2,3)4/h5-8,10,12-13,20H,9,11H2,1-4H3. The van der Waals surface area contributed by atoms with Crippen molar-refractivity contribution in [1.29, 1.82) is 0 Å². The largest absolute Gasteiger partial charge is 0.331 e. The molecular weight excluding hydrogens is 368 g/mol. The number of nitrogens with one attached hydrogen (secondary N) is 1. The van der Waals surface area contributed by atoms with Gasteiger partial charge in [0.15, 0.2) is 0 Å². The zero-order valence-electron chi connectivity index (χ0n) is 15.4. The lowest BCUT2D eigenvalue weighted by Gasteiger charge is -2.33. The number of amides is 1. The van der Waals surface area contributed by atoms with Gasteiger partial charge >= 0.3 is 0 Å². The van der Waals surface area contributed by atoms with Gasteiger partial charge in [-0.3, -0.25) is 4.79 Å². The van der Waals surface area contributed by atoms with Gasteiger partial charge in [0.2, 0.25) is 10.0 Å². The molecule has 140 valence electrons. The first-order chi connectivity index (χ1) is 12.1. The summed E-state index contributed by atoms with van der Waals surface area (Å²) in [6.45, 7) is 8.09. The number of benzene rings is 1. The molecule has 0 bridgehead atoms. The molecule has 1 unspecified atom stereocenters. The van der Waals surface area contributed by atoms with Crippen LogP contribution in [0.15, 0.2) is 40.6 Å². The molecule has 1 N–H and O–H groups in total. The summed E-state index contributed by atoms with van der Waals surface area (Å²) in [4.78, 5) is 16.3. The second-order valence-corrected chi connectivity index (χ2v) is 10.3. The van der Waals surface area contributed by atoms with Crippen LogP contribution in [0.3, 0.4) is 0 Å². The van der Waals surface area contributed by atoms with Crippen molar-refractivity contribution in [2.45, 2.75) is 50.6 Å². The maximum Gasteiger partial charge on any atom is 0.254 e. The van der Waals surface area contributed by atoms with Crippen molar-refractivity contribution in [3.8, 4) is 0 Å². The average molecular weight is 393 g/mol. The van der Waals surface area contributed by atoms with Crippen LogP contribution in [0, 0.1) is 0 Å². The number of thiophene rings is 1. The Balaban J connectivity index is 1.80. The molecule has 3 rings (SSSR count). The van der Waals surface area contributed by atoms with Crippen LogP contribution in [-0.2, 0) is 16.4 Å². The van der Waals surface area contributed by atoms with E-state index in [0.717, 1.165) is 6.42 Å². The van der Waals surface area contributed by atoms with E-state index in [0.29, 0.717) is 12.1 Å². The van der Waals surface area contributed by atoms with Crippen LogP contribution in [-0.4, -0.2) is 31.3 Å². The normalized spacial score (nSPS) is 17.8. The first kappa shape index (κ1) is 19.1. The molecule has 2 aromatic rings.